The van der Waals surface area contributed by atoms with Gasteiger partial charge in [-0.1, -0.05) is 6.92 Å². The summed E-state index contributed by atoms with van der Waals surface area (Å²) in [6.45, 7) is 3.03. The molecule has 2 rings (SSSR count). The first-order valence-corrected chi connectivity index (χ1v) is 5.39. The van der Waals surface area contributed by atoms with Gasteiger partial charge in [0.05, 0.1) is 25.2 Å². The number of esters is 1. The molecule has 0 aromatic heterocycles. The Morgan fingerprint density at radius 1 is 1.50 bits per heavy atom. The number of carbonyl (C=O) groups excluding carboxylic acids is 1. The van der Waals surface area contributed by atoms with Crippen molar-refractivity contribution in [2.75, 3.05) is 13.7 Å². The van der Waals surface area contributed by atoms with Crippen LogP contribution in [0.4, 0.5) is 0 Å². The Labute approximate surface area is 84.8 Å². The largest absolute Gasteiger partial charge is 0.469 e. The summed E-state index contributed by atoms with van der Waals surface area (Å²) in [5, 5.41) is 0. The molecule has 1 saturated heterocycles. The summed E-state index contributed by atoms with van der Waals surface area (Å²) in [6.07, 6.45) is 4.14. The van der Waals surface area contributed by atoms with E-state index in [2.05, 4.69) is 6.92 Å². The molecule has 2 fully saturated rings. The highest BCUT2D eigenvalue weighted by Gasteiger charge is 2.46. The Bertz CT molecular complexity index is 233. The number of carbonyl (C=O) groups is 1. The van der Waals surface area contributed by atoms with Gasteiger partial charge >= 0.3 is 5.97 Å². The molecule has 0 aromatic carbocycles. The second-order valence-corrected chi connectivity index (χ2v) is 4.63. The minimum Gasteiger partial charge on any atom is -0.469 e. The van der Waals surface area contributed by atoms with Gasteiger partial charge in [0.25, 0.3) is 0 Å². The Morgan fingerprint density at radius 3 is 2.64 bits per heavy atom. The van der Waals surface area contributed by atoms with E-state index in [0.717, 1.165) is 25.9 Å². The van der Waals surface area contributed by atoms with Crippen molar-refractivity contribution in [3.63, 3.8) is 0 Å². The van der Waals surface area contributed by atoms with Crippen molar-refractivity contribution in [1.82, 2.24) is 0 Å². The number of methoxy groups -OCH3 is 1. The molecule has 1 aliphatic heterocycles. The topological polar surface area (TPSA) is 35.5 Å². The van der Waals surface area contributed by atoms with E-state index in [9.17, 15) is 4.79 Å². The molecule has 1 spiro atoms. The van der Waals surface area contributed by atoms with E-state index in [4.69, 9.17) is 9.47 Å². The molecule has 80 valence electrons. The first-order chi connectivity index (χ1) is 6.67. The third-order valence-corrected chi connectivity index (χ3v) is 3.76. The Morgan fingerprint density at radius 2 is 2.21 bits per heavy atom. The van der Waals surface area contributed by atoms with E-state index in [1.165, 1.54) is 13.5 Å². The first-order valence-electron chi connectivity index (χ1n) is 5.39. The highest BCUT2D eigenvalue weighted by molar-refractivity contribution is 5.72. The lowest BCUT2D eigenvalue weighted by Gasteiger charge is -2.48. The minimum atomic E-state index is -0.0494. The van der Waals surface area contributed by atoms with Crippen molar-refractivity contribution in [2.45, 2.75) is 38.2 Å². The van der Waals surface area contributed by atoms with Gasteiger partial charge < -0.3 is 9.47 Å². The van der Waals surface area contributed by atoms with Crippen molar-refractivity contribution in [3.8, 4) is 0 Å². The molecule has 1 unspecified atom stereocenters. The lowest BCUT2D eigenvalue weighted by molar-refractivity contribution is -0.186. The lowest BCUT2D eigenvalue weighted by Crippen LogP contribution is -2.50. The summed E-state index contributed by atoms with van der Waals surface area (Å²) in [6, 6.07) is 0. The molecule has 1 aliphatic carbocycles. The quantitative estimate of drug-likeness (QED) is 0.602. The fraction of sp³-hybridized carbons (Fsp3) is 0.909. The molecule has 0 bridgehead atoms. The van der Waals surface area contributed by atoms with E-state index in [1.54, 1.807) is 0 Å². The SMILES string of the molecule is COC(=O)[C@H]1CCC2(CCO2)C[C@H]1C. The third kappa shape index (κ3) is 1.54. The molecule has 1 saturated carbocycles. The summed E-state index contributed by atoms with van der Waals surface area (Å²) in [7, 11) is 1.47. The fourth-order valence-electron chi connectivity index (χ4n) is 2.78. The molecule has 0 amide bonds. The van der Waals surface area contributed by atoms with Crippen LogP contribution >= 0.6 is 0 Å². The molecule has 3 nitrogen and oxygen atoms in total. The maximum atomic E-state index is 11.4. The molecule has 3 atom stereocenters. The molecule has 0 aromatic rings. The number of hydrogen-bond acceptors (Lipinski definition) is 3. The van der Waals surface area contributed by atoms with Gasteiger partial charge in [-0.3, -0.25) is 4.79 Å². The second-order valence-electron chi connectivity index (χ2n) is 4.63. The van der Waals surface area contributed by atoms with Gasteiger partial charge in [0.1, 0.15) is 0 Å². The van der Waals surface area contributed by atoms with Crippen molar-refractivity contribution >= 4 is 5.97 Å². The predicted octanol–water partition coefficient (Wildman–Crippen LogP) is 1.75. The second kappa shape index (κ2) is 3.54. The third-order valence-electron chi connectivity index (χ3n) is 3.76. The van der Waals surface area contributed by atoms with Crippen LogP contribution in [0.15, 0.2) is 0 Å². The van der Waals surface area contributed by atoms with Gasteiger partial charge in [-0.05, 0) is 31.6 Å². The predicted molar refractivity (Wildman–Crippen MR) is 51.8 cm³/mol. The van der Waals surface area contributed by atoms with Crippen LogP contribution in [-0.4, -0.2) is 25.3 Å². The summed E-state index contributed by atoms with van der Waals surface area (Å²) in [5.74, 6) is 0.443. The van der Waals surface area contributed by atoms with Crippen LogP contribution in [0.3, 0.4) is 0 Å². The average Bonchev–Trinajstić information content (AvgIpc) is 2.14. The Hall–Kier alpha value is -0.570. The Kier molecular flexibility index (Phi) is 2.52. The molecular formula is C11H18O3. The van der Waals surface area contributed by atoms with E-state index < -0.39 is 0 Å². The standard InChI is InChI=1S/C11H18O3/c1-8-7-11(5-6-14-11)4-3-9(8)10(12)13-2/h8-9H,3-7H2,1-2H3/t8-,9+,11?/m1/s1. The van der Waals surface area contributed by atoms with Gasteiger partial charge in [-0.15, -0.1) is 0 Å². The first kappa shape index (κ1) is 9.97. The maximum absolute atomic E-state index is 11.4. The monoisotopic (exact) mass is 198 g/mol. The van der Waals surface area contributed by atoms with Gasteiger partial charge in [0.15, 0.2) is 0 Å². The van der Waals surface area contributed by atoms with E-state index in [1.807, 2.05) is 0 Å². The van der Waals surface area contributed by atoms with Crippen molar-refractivity contribution < 1.29 is 14.3 Å². The van der Waals surface area contributed by atoms with Crippen molar-refractivity contribution in [2.24, 2.45) is 11.8 Å². The van der Waals surface area contributed by atoms with Crippen LogP contribution in [0.5, 0.6) is 0 Å². The minimum absolute atomic E-state index is 0.0494. The molecule has 1 heterocycles. The van der Waals surface area contributed by atoms with Gasteiger partial charge in [0, 0.05) is 0 Å². The fourth-order valence-corrected chi connectivity index (χ4v) is 2.78. The van der Waals surface area contributed by atoms with E-state index in [-0.39, 0.29) is 17.5 Å². The molecule has 0 radical (unpaired) electrons. The van der Waals surface area contributed by atoms with Crippen LogP contribution in [-0.2, 0) is 14.3 Å². The van der Waals surface area contributed by atoms with Crippen LogP contribution in [0, 0.1) is 11.8 Å². The summed E-state index contributed by atoms with van der Waals surface area (Å²) in [4.78, 5) is 11.4. The highest BCUT2D eigenvalue weighted by atomic mass is 16.5. The van der Waals surface area contributed by atoms with E-state index in [0.29, 0.717) is 5.92 Å². The zero-order valence-electron chi connectivity index (χ0n) is 8.91. The van der Waals surface area contributed by atoms with Gasteiger partial charge in [-0.2, -0.15) is 0 Å². The van der Waals surface area contributed by atoms with Gasteiger partial charge in [-0.25, -0.2) is 0 Å². The van der Waals surface area contributed by atoms with E-state index >= 15 is 0 Å². The maximum Gasteiger partial charge on any atom is 0.308 e. The Balaban J connectivity index is 1.96. The molecule has 14 heavy (non-hydrogen) atoms. The number of rotatable bonds is 1. The van der Waals surface area contributed by atoms with Gasteiger partial charge in [0.2, 0.25) is 0 Å². The molecule has 2 aliphatic rings. The lowest BCUT2D eigenvalue weighted by atomic mass is 9.69. The zero-order valence-corrected chi connectivity index (χ0v) is 8.91. The van der Waals surface area contributed by atoms with Crippen molar-refractivity contribution in [3.05, 3.63) is 0 Å². The van der Waals surface area contributed by atoms with Crippen LogP contribution in [0.1, 0.15) is 32.6 Å². The van der Waals surface area contributed by atoms with Crippen LogP contribution < -0.4 is 0 Å². The molecule has 3 heteroatoms. The summed E-state index contributed by atoms with van der Waals surface area (Å²) < 4.78 is 10.4. The number of hydrogen-bond donors (Lipinski definition) is 0. The highest BCUT2D eigenvalue weighted by Crippen LogP contribution is 2.45. The summed E-state index contributed by atoms with van der Waals surface area (Å²) in [5.41, 5.74) is 0.129. The average molecular weight is 198 g/mol. The number of ether oxygens (including phenoxy) is 2. The van der Waals surface area contributed by atoms with Crippen molar-refractivity contribution in [1.29, 1.82) is 0 Å². The normalized spacial score (nSPS) is 41.9. The molecular weight excluding hydrogens is 180 g/mol. The van der Waals surface area contributed by atoms with Crippen LogP contribution in [0.25, 0.3) is 0 Å². The van der Waals surface area contributed by atoms with Crippen LogP contribution in [0.2, 0.25) is 0 Å². The smallest absolute Gasteiger partial charge is 0.308 e. The summed E-state index contributed by atoms with van der Waals surface area (Å²) >= 11 is 0. The molecule has 0 N–H and O–H groups in total. The zero-order chi connectivity index (χ0) is 10.2.